The first kappa shape index (κ1) is 21.6. The summed E-state index contributed by atoms with van der Waals surface area (Å²) in [6.45, 7) is 0. The molecule has 0 bridgehead atoms. The van der Waals surface area contributed by atoms with Gasteiger partial charge in [0.2, 0.25) is 0 Å². The van der Waals surface area contributed by atoms with E-state index in [-0.39, 0.29) is 22.2 Å². The quantitative estimate of drug-likeness (QED) is 0.120. The molecule has 0 spiro atoms. The van der Waals surface area contributed by atoms with Crippen LogP contribution in [-0.4, -0.2) is 36.7 Å². The number of hydrogen-bond donors (Lipinski definition) is 2. The van der Waals surface area contributed by atoms with Gasteiger partial charge in [-0.1, -0.05) is 35.6 Å². The number of anilines is 1. The molecule has 1 aliphatic rings. The minimum atomic E-state index is -1.05. The first-order valence-corrected chi connectivity index (χ1v) is 11.6. The van der Waals surface area contributed by atoms with E-state index in [2.05, 4.69) is 15.0 Å². The maximum Gasteiger partial charge on any atom is 0.301 e. The van der Waals surface area contributed by atoms with E-state index in [1.807, 2.05) is 18.2 Å². The van der Waals surface area contributed by atoms with Crippen molar-refractivity contribution in [3.05, 3.63) is 100 Å². The van der Waals surface area contributed by atoms with Crippen molar-refractivity contribution in [3.63, 3.8) is 0 Å². The average molecular weight is 497 g/mol. The number of para-hydroxylation sites is 1. The predicted octanol–water partition coefficient (Wildman–Crippen LogP) is 4.71. The van der Waals surface area contributed by atoms with Gasteiger partial charge in [-0.15, -0.1) is 0 Å². The lowest BCUT2D eigenvalue weighted by Gasteiger charge is -2.21. The summed E-state index contributed by atoms with van der Waals surface area (Å²) < 4.78 is 0.484. The molecule has 0 radical (unpaired) electrons. The molecule has 1 atom stereocenters. The number of non-ortho nitro benzene ring substituents is 1. The van der Waals surface area contributed by atoms with Gasteiger partial charge in [0.15, 0.2) is 5.13 Å². The Morgan fingerprint density at radius 3 is 2.69 bits per heavy atom. The summed E-state index contributed by atoms with van der Waals surface area (Å²) in [5.41, 5.74) is 1.72. The van der Waals surface area contributed by atoms with E-state index in [0.717, 1.165) is 16.9 Å². The van der Waals surface area contributed by atoms with Crippen LogP contribution in [0.5, 0.6) is 0 Å². The first-order chi connectivity index (χ1) is 17.4. The van der Waals surface area contributed by atoms with E-state index in [1.54, 1.807) is 30.5 Å². The van der Waals surface area contributed by atoms with Crippen molar-refractivity contribution in [2.45, 2.75) is 6.04 Å². The maximum absolute atomic E-state index is 13.3. The SMILES string of the molecule is O=C1C(=O)N(c2nc3ccc([N+](=O)[O-])cc3s2)C(c2ccccn2)/C1=C(\O)c1c[nH]c2ccccc12. The van der Waals surface area contributed by atoms with Crippen LogP contribution in [0.25, 0.3) is 26.9 Å². The van der Waals surface area contributed by atoms with Gasteiger partial charge in [0.1, 0.15) is 11.8 Å². The minimum Gasteiger partial charge on any atom is -0.507 e. The molecule has 176 valence electrons. The van der Waals surface area contributed by atoms with Crippen LogP contribution in [0.15, 0.2) is 78.6 Å². The third-order valence-corrected chi connectivity index (χ3v) is 7.05. The molecule has 1 aliphatic heterocycles. The van der Waals surface area contributed by atoms with Gasteiger partial charge in [-0.25, -0.2) is 4.98 Å². The number of aliphatic hydroxyl groups is 1. The molecule has 0 aliphatic carbocycles. The number of aromatic nitrogens is 3. The number of nitro groups is 1. The molecule has 3 aromatic heterocycles. The summed E-state index contributed by atoms with van der Waals surface area (Å²) in [6, 6.07) is 15.5. The highest BCUT2D eigenvalue weighted by molar-refractivity contribution is 7.22. The molecule has 6 rings (SSSR count). The topological polar surface area (TPSA) is 142 Å². The fourth-order valence-corrected chi connectivity index (χ4v) is 5.40. The third kappa shape index (κ3) is 3.25. The minimum absolute atomic E-state index is 0.111. The number of ketones is 1. The molecule has 1 amide bonds. The van der Waals surface area contributed by atoms with Crippen molar-refractivity contribution >= 4 is 60.7 Å². The van der Waals surface area contributed by atoms with E-state index in [9.17, 15) is 24.8 Å². The Balaban J connectivity index is 1.56. The number of pyridine rings is 1. The van der Waals surface area contributed by atoms with Gasteiger partial charge in [-0.2, -0.15) is 0 Å². The first-order valence-electron chi connectivity index (χ1n) is 10.8. The molecule has 10 nitrogen and oxygen atoms in total. The highest BCUT2D eigenvalue weighted by atomic mass is 32.1. The summed E-state index contributed by atoms with van der Waals surface area (Å²) in [5.74, 6) is -2.08. The van der Waals surface area contributed by atoms with Crippen molar-refractivity contribution in [3.8, 4) is 0 Å². The number of rotatable bonds is 4. The van der Waals surface area contributed by atoms with Gasteiger partial charge in [-0.05, 0) is 24.3 Å². The molecule has 2 N–H and O–H groups in total. The molecule has 5 aromatic rings. The number of fused-ring (bicyclic) bond motifs is 2. The number of H-pyrrole nitrogens is 1. The van der Waals surface area contributed by atoms with Crippen LogP contribution in [0.2, 0.25) is 0 Å². The van der Waals surface area contributed by atoms with Crippen molar-refractivity contribution in [2.75, 3.05) is 4.90 Å². The lowest BCUT2D eigenvalue weighted by Crippen LogP contribution is -2.29. The Kier molecular flexibility index (Phi) is 4.86. The number of Topliss-reactive ketones (excluding diaryl/α,β-unsaturated/α-hetero) is 1. The van der Waals surface area contributed by atoms with Crippen LogP contribution in [0.3, 0.4) is 0 Å². The van der Waals surface area contributed by atoms with E-state index in [1.165, 1.54) is 29.3 Å². The summed E-state index contributed by atoms with van der Waals surface area (Å²) in [6.07, 6.45) is 3.11. The van der Waals surface area contributed by atoms with E-state index in [0.29, 0.717) is 26.9 Å². The molecule has 2 aromatic carbocycles. The van der Waals surface area contributed by atoms with Crippen LogP contribution in [0, 0.1) is 10.1 Å². The highest BCUT2D eigenvalue weighted by Gasteiger charge is 2.49. The molecule has 1 unspecified atom stereocenters. The Morgan fingerprint density at radius 1 is 1.11 bits per heavy atom. The molecule has 0 saturated carbocycles. The number of thiazole rings is 1. The zero-order valence-electron chi connectivity index (χ0n) is 18.3. The number of aliphatic hydroxyl groups excluding tert-OH is 1. The molecule has 36 heavy (non-hydrogen) atoms. The zero-order valence-corrected chi connectivity index (χ0v) is 19.1. The molecule has 1 saturated heterocycles. The fourth-order valence-electron chi connectivity index (χ4n) is 4.38. The van der Waals surface area contributed by atoms with Crippen molar-refractivity contribution in [2.24, 2.45) is 0 Å². The number of carbonyl (C=O) groups is 2. The van der Waals surface area contributed by atoms with Gasteiger partial charge < -0.3 is 10.1 Å². The Bertz CT molecular complexity index is 1740. The van der Waals surface area contributed by atoms with Crippen LogP contribution >= 0.6 is 11.3 Å². The predicted molar refractivity (Wildman–Crippen MR) is 134 cm³/mol. The Morgan fingerprint density at radius 2 is 1.92 bits per heavy atom. The second kappa shape index (κ2) is 8.10. The summed E-state index contributed by atoms with van der Waals surface area (Å²) in [7, 11) is 0. The smallest absolute Gasteiger partial charge is 0.301 e. The highest BCUT2D eigenvalue weighted by Crippen LogP contribution is 2.44. The Hall–Kier alpha value is -4.90. The molecule has 4 heterocycles. The van der Waals surface area contributed by atoms with Gasteiger partial charge in [0.05, 0.1) is 26.4 Å². The number of amides is 1. The van der Waals surface area contributed by atoms with E-state index >= 15 is 0 Å². The van der Waals surface area contributed by atoms with Crippen LogP contribution < -0.4 is 4.90 Å². The van der Waals surface area contributed by atoms with Crippen LogP contribution in [0.4, 0.5) is 10.8 Å². The van der Waals surface area contributed by atoms with Crippen LogP contribution in [-0.2, 0) is 9.59 Å². The van der Waals surface area contributed by atoms with Gasteiger partial charge in [0.25, 0.3) is 11.5 Å². The number of nitrogens with zero attached hydrogens (tertiary/aromatic N) is 4. The third-order valence-electron chi connectivity index (χ3n) is 6.03. The monoisotopic (exact) mass is 497 g/mol. The number of benzene rings is 2. The number of carbonyl (C=O) groups excluding carboxylic acids is 2. The largest absolute Gasteiger partial charge is 0.507 e. The van der Waals surface area contributed by atoms with Crippen LogP contribution in [0.1, 0.15) is 17.3 Å². The van der Waals surface area contributed by atoms with E-state index in [4.69, 9.17) is 0 Å². The second-order valence-electron chi connectivity index (χ2n) is 8.08. The van der Waals surface area contributed by atoms with Gasteiger partial charge in [0, 0.05) is 41.0 Å². The second-order valence-corrected chi connectivity index (χ2v) is 9.09. The van der Waals surface area contributed by atoms with Crippen molar-refractivity contribution in [1.29, 1.82) is 0 Å². The van der Waals surface area contributed by atoms with Gasteiger partial charge in [-0.3, -0.25) is 29.6 Å². The number of nitrogens with one attached hydrogen (secondary N) is 1. The number of nitro benzene ring substituents is 1. The molecular formula is C25H15N5O5S. The number of hydrogen-bond acceptors (Lipinski definition) is 8. The summed E-state index contributed by atoms with van der Waals surface area (Å²) in [4.78, 5) is 50.5. The normalized spacial score (nSPS) is 17.3. The van der Waals surface area contributed by atoms with Crippen molar-refractivity contribution in [1.82, 2.24) is 15.0 Å². The average Bonchev–Trinajstić information content (AvgIpc) is 3.58. The molecule has 1 fully saturated rings. The lowest BCUT2D eigenvalue weighted by atomic mass is 9.98. The number of aromatic amines is 1. The molecular weight excluding hydrogens is 482 g/mol. The standard InChI is InChI=1S/C25H15N5O5S/c31-22(15-12-27-16-6-2-1-5-14(15)16)20-21(18-7-3-4-10-26-18)29(24(33)23(20)32)25-28-17-9-8-13(30(34)35)11-19(17)36-25/h1-12,21,27,31H/b22-20+. The van der Waals surface area contributed by atoms with E-state index < -0.39 is 22.7 Å². The van der Waals surface area contributed by atoms with Gasteiger partial charge >= 0.3 is 5.91 Å². The summed E-state index contributed by atoms with van der Waals surface area (Å²) >= 11 is 1.04. The summed E-state index contributed by atoms with van der Waals surface area (Å²) in [5, 5.41) is 23.4. The molecule has 11 heteroatoms. The zero-order chi connectivity index (χ0) is 25.0. The Labute approximate surface area is 206 Å². The fraction of sp³-hybridized carbons (Fsp3) is 0.0400. The van der Waals surface area contributed by atoms with Crippen molar-refractivity contribution < 1.29 is 19.6 Å². The lowest BCUT2D eigenvalue weighted by molar-refractivity contribution is -0.384. The maximum atomic E-state index is 13.3.